The van der Waals surface area contributed by atoms with Gasteiger partial charge in [0.1, 0.15) is 6.61 Å². The van der Waals surface area contributed by atoms with E-state index in [4.69, 9.17) is 14.4 Å². The lowest BCUT2D eigenvalue weighted by molar-refractivity contribution is -0.121. The van der Waals surface area contributed by atoms with Crippen molar-refractivity contribution in [3.8, 4) is 11.1 Å². The molecular weight excluding hydrogens is 426 g/mol. The van der Waals surface area contributed by atoms with Crippen molar-refractivity contribution in [2.45, 2.75) is 31.8 Å². The number of benzene rings is 2. The number of rotatable bonds is 8. The standard InChI is InChI=1S/C24H23N3O6/c1-14(10-22(28)25-12-15-11-21(23(29)30)27-33-15)26-24(31)32-13-20-18-8-4-2-6-16(18)17-7-3-5-9-19(17)20/h2-9,11,14,20H,10,12-13H2,1H3,(H,25,28)(H,26,31)(H,29,30)/t14-/m1/s1. The number of nitrogens with zero attached hydrogens (tertiary/aromatic N) is 1. The lowest BCUT2D eigenvalue weighted by Crippen LogP contribution is -2.37. The van der Waals surface area contributed by atoms with Gasteiger partial charge in [-0.1, -0.05) is 53.7 Å². The summed E-state index contributed by atoms with van der Waals surface area (Å²) in [5.74, 6) is -1.37. The van der Waals surface area contributed by atoms with Crippen molar-refractivity contribution in [1.29, 1.82) is 0 Å². The first-order chi connectivity index (χ1) is 15.9. The summed E-state index contributed by atoms with van der Waals surface area (Å²) in [6, 6.07) is 16.9. The molecule has 0 saturated carbocycles. The first kappa shape index (κ1) is 22.1. The van der Waals surface area contributed by atoms with E-state index in [0.717, 1.165) is 22.3 Å². The van der Waals surface area contributed by atoms with Crippen molar-refractivity contribution >= 4 is 18.0 Å². The number of carboxylic acid groups (broad SMARTS) is 1. The van der Waals surface area contributed by atoms with E-state index in [2.05, 4.69) is 27.9 Å². The molecule has 1 aliphatic rings. The van der Waals surface area contributed by atoms with Crippen LogP contribution in [-0.2, 0) is 16.1 Å². The Morgan fingerprint density at radius 2 is 1.73 bits per heavy atom. The van der Waals surface area contributed by atoms with Gasteiger partial charge in [0.15, 0.2) is 11.5 Å². The highest BCUT2D eigenvalue weighted by Gasteiger charge is 2.29. The Labute approximate surface area is 189 Å². The summed E-state index contributed by atoms with van der Waals surface area (Å²) in [6.45, 7) is 1.88. The molecule has 0 aliphatic heterocycles. The fourth-order valence-corrected chi connectivity index (χ4v) is 3.93. The highest BCUT2D eigenvalue weighted by Crippen LogP contribution is 2.44. The first-order valence-corrected chi connectivity index (χ1v) is 10.5. The van der Waals surface area contributed by atoms with Crippen molar-refractivity contribution in [2.24, 2.45) is 0 Å². The summed E-state index contributed by atoms with van der Waals surface area (Å²) in [6.07, 6.45) is -0.581. The van der Waals surface area contributed by atoms with Gasteiger partial charge in [0, 0.05) is 24.4 Å². The molecule has 3 aromatic rings. The Kier molecular flexibility index (Phi) is 6.39. The van der Waals surface area contributed by atoms with Crippen LogP contribution < -0.4 is 10.6 Å². The van der Waals surface area contributed by atoms with Crippen LogP contribution >= 0.6 is 0 Å². The van der Waals surface area contributed by atoms with Gasteiger partial charge in [0.25, 0.3) is 0 Å². The first-order valence-electron chi connectivity index (χ1n) is 10.5. The molecule has 3 N–H and O–H groups in total. The average molecular weight is 449 g/mol. The van der Waals surface area contributed by atoms with Crippen LogP contribution in [0.5, 0.6) is 0 Å². The van der Waals surface area contributed by atoms with Gasteiger partial charge in [0.2, 0.25) is 5.91 Å². The lowest BCUT2D eigenvalue weighted by atomic mass is 9.98. The smallest absolute Gasteiger partial charge is 0.407 e. The number of fused-ring (bicyclic) bond motifs is 3. The van der Waals surface area contributed by atoms with Gasteiger partial charge >= 0.3 is 12.1 Å². The van der Waals surface area contributed by atoms with E-state index in [0.29, 0.717) is 0 Å². The molecule has 2 amide bonds. The maximum absolute atomic E-state index is 12.3. The maximum Gasteiger partial charge on any atom is 0.407 e. The van der Waals surface area contributed by atoms with Crippen LogP contribution in [0.2, 0.25) is 0 Å². The molecule has 0 spiro atoms. The van der Waals surface area contributed by atoms with Crippen LogP contribution in [0.15, 0.2) is 59.1 Å². The molecule has 4 rings (SSSR count). The van der Waals surface area contributed by atoms with Gasteiger partial charge in [-0.2, -0.15) is 0 Å². The quantitative estimate of drug-likeness (QED) is 0.481. The van der Waals surface area contributed by atoms with E-state index in [1.54, 1.807) is 6.92 Å². The maximum atomic E-state index is 12.3. The summed E-state index contributed by atoms with van der Waals surface area (Å²) >= 11 is 0. The van der Waals surface area contributed by atoms with Crippen LogP contribution in [0.4, 0.5) is 4.79 Å². The fraction of sp³-hybridized carbons (Fsp3) is 0.250. The molecule has 0 bridgehead atoms. The number of carbonyl (C=O) groups is 3. The number of hydrogen-bond acceptors (Lipinski definition) is 6. The van der Waals surface area contributed by atoms with Crippen LogP contribution in [-0.4, -0.2) is 40.9 Å². The minimum Gasteiger partial charge on any atom is -0.476 e. The van der Waals surface area contributed by atoms with Gasteiger partial charge in [-0.25, -0.2) is 9.59 Å². The van der Waals surface area contributed by atoms with E-state index in [1.807, 2.05) is 36.4 Å². The van der Waals surface area contributed by atoms with Gasteiger partial charge in [-0.05, 0) is 29.2 Å². The molecule has 2 aromatic carbocycles. The third-order valence-electron chi connectivity index (χ3n) is 5.44. The Hall–Kier alpha value is -4.14. The lowest BCUT2D eigenvalue weighted by Gasteiger charge is -2.17. The minimum absolute atomic E-state index is 0.00320. The van der Waals surface area contributed by atoms with Gasteiger partial charge < -0.3 is 25.0 Å². The molecular formula is C24H23N3O6. The normalized spacial score (nSPS) is 13.0. The topological polar surface area (TPSA) is 131 Å². The number of nitrogens with one attached hydrogen (secondary N) is 2. The number of aromatic carboxylic acids is 1. The van der Waals surface area contributed by atoms with Gasteiger partial charge in [-0.3, -0.25) is 4.79 Å². The largest absolute Gasteiger partial charge is 0.476 e. The summed E-state index contributed by atoms with van der Waals surface area (Å²) in [5, 5.41) is 17.5. The van der Waals surface area contributed by atoms with E-state index in [-0.39, 0.29) is 42.9 Å². The van der Waals surface area contributed by atoms with E-state index in [1.165, 1.54) is 6.07 Å². The third-order valence-corrected chi connectivity index (χ3v) is 5.44. The number of alkyl carbamates (subject to hydrolysis) is 1. The number of carboxylic acids is 1. The molecule has 0 fully saturated rings. The molecule has 1 aromatic heterocycles. The Morgan fingerprint density at radius 3 is 2.33 bits per heavy atom. The number of hydrogen-bond donors (Lipinski definition) is 3. The Morgan fingerprint density at radius 1 is 1.09 bits per heavy atom. The number of ether oxygens (including phenoxy) is 1. The number of aromatic nitrogens is 1. The fourth-order valence-electron chi connectivity index (χ4n) is 3.93. The average Bonchev–Trinajstić information content (AvgIpc) is 3.39. The molecule has 0 unspecified atom stereocenters. The van der Waals surface area contributed by atoms with E-state index >= 15 is 0 Å². The zero-order chi connectivity index (χ0) is 23.4. The van der Waals surface area contributed by atoms with Crippen LogP contribution in [0, 0.1) is 0 Å². The van der Waals surface area contributed by atoms with Gasteiger partial charge in [-0.15, -0.1) is 0 Å². The van der Waals surface area contributed by atoms with Crippen LogP contribution in [0.1, 0.15) is 46.6 Å². The zero-order valence-corrected chi connectivity index (χ0v) is 17.9. The highest BCUT2D eigenvalue weighted by atomic mass is 16.5. The monoisotopic (exact) mass is 449 g/mol. The number of carbonyl (C=O) groups excluding carboxylic acids is 2. The zero-order valence-electron chi connectivity index (χ0n) is 17.9. The Bertz CT molecular complexity index is 1140. The second-order valence-electron chi connectivity index (χ2n) is 7.84. The SMILES string of the molecule is C[C@H](CC(=O)NCc1cc(C(=O)O)no1)NC(=O)OCC1c2ccccc2-c2ccccc21. The predicted octanol–water partition coefficient (Wildman–Crippen LogP) is 3.31. The predicted molar refractivity (Wildman–Crippen MR) is 118 cm³/mol. The molecule has 170 valence electrons. The van der Waals surface area contributed by atoms with Crippen molar-refractivity contribution in [3.63, 3.8) is 0 Å². The van der Waals surface area contributed by atoms with E-state index in [9.17, 15) is 14.4 Å². The molecule has 9 heteroatoms. The van der Waals surface area contributed by atoms with Crippen LogP contribution in [0.25, 0.3) is 11.1 Å². The van der Waals surface area contributed by atoms with Crippen LogP contribution in [0.3, 0.4) is 0 Å². The van der Waals surface area contributed by atoms with Crippen molar-refractivity contribution < 1.29 is 28.8 Å². The number of amides is 2. The molecule has 1 atom stereocenters. The summed E-state index contributed by atoms with van der Waals surface area (Å²) in [4.78, 5) is 35.2. The molecule has 1 heterocycles. The van der Waals surface area contributed by atoms with Crippen molar-refractivity contribution in [2.75, 3.05) is 6.61 Å². The molecule has 0 saturated heterocycles. The van der Waals surface area contributed by atoms with Crippen molar-refractivity contribution in [3.05, 3.63) is 77.2 Å². The summed E-state index contributed by atoms with van der Waals surface area (Å²) in [5.41, 5.74) is 4.31. The Balaban J connectivity index is 1.25. The van der Waals surface area contributed by atoms with Crippen molar-refractivity contribution in [1.82, 2.24) is 15.8 Å². The summed E-state index contributed by atoms with van der Waals surface area (Å²) < 4.78 is 10.3. The molecule has 9 nitrogen and oxygen atoms in total. The second kappa shape index (κ2) is 9.56. The third kappa shape index (κ3) is 5.03. The molecule has 1 aliphatic carbocycles. The molecule has 0 radical (unpaired) electrons. The highest BCUT2D eigenvalue weighted by molar-refractivity contribution is 5.85. The summed E-state index contributed by atoms with van der Waals surface area (Å²) in [7, 11) is 0. The van der Waals surface area contributed by atoms with Gasteiger partial charge in [0.05, 0.1) is 6.54 Å². The second-order valence-corrected chi connectivity index (χ2v) is 7.84. The van der Waals surface area contributed by atoms with E-state index < -0.39 is 18.1 Å². The molecule has 33 heavy (non-hydrogen) atoms. The minimum atomic E-state index is -1.21.